The van der Waals surface area contributed by atoms with E-state index in [4.69, 9.17) is 4.74 Å². The summed E-state index contributed by atoms with van der Waals surface area (Å²) in [6.07, 6.45) is 5.24. The van der Waals surface area contributed by atoms with Crippen LogP contribution in [0.25, 0.3) is 11.0 Å². The molecule has 13 heteroatoms. The highest BCUT2D eigenvalue weighted by atomic mass is 19.1. The smallest absolute Gasteiger partial charge is 0.407 e. The Bertz CT molecular complexity index is 1480. The molecule has 41 heavy (non-hydrogen) atoms. The summed E-state index contributed by atoms with van der Waals surface area (Å²) in [5.41, 5.74) is 0.936. The minimum Gasteiger partial charge on any atom is -0.488 e. The van der Waals surface area contributed by atoms with E-state index < -0.39 is 29.4 Å². The molecule has 0 fully saturated rings. The van der Waals surface area contributed by atoms with E-state index in [1.807, 2.05) is 13.8 Å². The molecule has 0 aliphatic heterocycles. The zero-order valence-corrected chi connectivity index (χ0v) is 23.7. The van der Waals surface area contributed by atoms with Crippen molar-refractivity contribution in [2.75, 3.05) is 33.1 Å². The number of pyridine rings is 2. The Kier molecular flexibility index (Phi) is 10.6. The Balaban J connectivity index is 1.77. The molecule has 12 nitrogen and oxygen atoms in total. The van der Waals surface area contributed by atoms with Crippen LogP contribution < -0.4 is 20.9 Å². The van der Waals surface area contributed by atoms with Gasteiger partial charge in [-0.05, 0) is 43.0 Å². The van der Waals surface area contributed by atoms with Crippen molar-refractivity contribution in [3.05, 3.63) is 64.6 Å². The van der Waals surface area contributed by atoms with Crippen molar-refractivity contribution in [1.29, 1.82) is 0 Å². The number of anilines is 1. The van der Waals surface area contributed by atoms with E-state index in [0.29, 0.717) is 29.8 Å². The molecule has 0 bridgehead atoms. The van der Waals surface area contributed by atoms with Crippen molar-refractivity contribution in [3.63, 3.8) is 0 Å². The van der Waals surface area contributed by atoms with Gasteiger partial charge in [0.25, 0.3) is 5.56 Å². The zero-order valence-electron chi connectivity index (χ0n) is 23.7. The molecule has 3 N–H and O–H groups in total. The summed E-state index contributed by atoms with van der Waals surface area (Å²) in [4.78, 5) is 58.4. The van der Waals surface area contributed by atoms with Gasteiger partial charge in [-0.25, -0.2) is 9.18 Å². The van der Waals surface area contributed by atoms with E-state index in [1.165, 1.54) is 28.7 Å². The Morgan fingerprint density at radius 3 is 2.71 bits per heavy atom. The number of rotatable bonds is 12. The summed E-state index contributed by atoms with van der Waals surface area (Å²) in [6, 6.07) is 3.70. The summed E-state index contributed by atoms with van der Waals surface area (Å²) in [5, 5.41) is 5.02. The number of methoxy groups -OCH3 is 1. The first-order chi connectivity index (χ1) is 19.5. The highest BCUT2D eigenvalue weighted by molar-refractivity contribution is 5.96. The summed E-state index contributed by atoms with van der Waals surface area (Å²) in [6.45, 7) is 4.31. The zero-order chi connectivity index (χ0) is 30.1. The molecule has 0 aromatic carbocycles. The Hall–Kier alpha value is -4.68. The number of H-pyrrole nitrogens is 1. The van der Waals surface area contributed by atoms with E-state index in [-0.39, 0.29) is 36.2 Å². The number of allylic oxidation sites excluding steroid dienone is 1. The van der Waals surface area contributed by atoms with Gasteiger partial charge in [-0.1, -0.05) is 19.9 Å². The fourth-order valence-electron chi connectivity index (χ4n) is 3.78. The summed E-state index contributed by atoms with van der Waals surface area (Å²) in [5.74, 6) is -1.19. The van der Waals surface area contributed by atoms with Gasteiger partial charge in [0.05, 0.1) is 32.0 Å². The van der Waals surface area contributed by atoms with Crippen LogP contribution >= 0.6 is 0 Å². The summed E-state index contributed by atoms with van der Waals surface area (Å²) >= 11 is 0. The quantitative estimate of drug-likeness (QED) is 0.284. The fraction of sp³-hybridized carbons (Fsp3) is 0.393. The largest absolute Gasteiger partial charge is 0.488 e. The van der Waals surface area contributed by atoms with Crippen LogP contribution in [0.15, 0.2) is 47.5 Å². The lowest BCUT2D eigenvalue weighted by atomic mass is 10.1. The molecule has 0 saturated carbocycles. The number of ether oxygens (including phenoxy) is 2. The van der Waals surface area contributed by atoms with Crippen LogP contribution in [-0.2, 0) is 20.9 Å². The van der Waals surface area contributed by atoms with Gasteiger partial charge in [-0.2, -0.15) is 0 Å². The van der Waals surface area contributed by atoms with Crippen molar-refractivity contribution in [2.45, 2.75) is 39.3 Å². The van der Waals surface area contributed by atoms with Crippen molar-refractivity contribution >= 4 is 34.6 Å². The lowest BCUT2D eigenvalue weighted by Crippen LogP contribution is -2.44. The molecule has 1 unspecified atom stereocenters. The van der Waals surface area contributed by atoms with E-state index in [2.05, 4.69) is 25.3 Å². The molecule has 3 amide bonds. The molecule has 1 atom stereocenters. The minimum atomic E-state index is -1.03. The molecule has 0 saturated heterocycles. The number of aromatic amines is 1. The van der Waals surface area contributed by atoms with Gasteiger partial charge in [0, 0.05) is 26.0 Å². The number of halogens is 1. The maximum atomic E-state index is 14.4. The number of carbonyl (C=O) groups is 3. The van der Waals surface area contributed by atoms with Gasteiger partial charge in [0.15, 0.2) is 11.6 Å². The van der Waals surface area contributed by atoms with Gasteiger partial charge in [-0.3, -0.25) is 19.4 Å². The number of fused-ring (bicyclic) bond motifs is 1. The third kappa shape index (κ3) is 8.40. The maximum absolute atomic E-state index is 14.4. The van der Waals surface area contributed by atoms with Crippen molar-refractivity contribution in [2.24, 2.45) is 5.92 Å². The van der Waals surface area contributed by atoms with Crippen LogP contribution in [0.2, 0.25) is 0 Å². The van der Waals surface area contributed by atoms with Crippen LogP contribution in [-0.4, -0.2) is 71.2 Å². The molecular formula is C28H35FN6O6. The second kappa shape index (κ2) is 14.1. The van der Waals surface area contributed by atoms with Gasteiger partial charge in [0.1, 0.15) is 17.2 Å². The molecule has 220 valence electrons. The first-order valence-corrected chi connectivity index (χ1v) is 13.0. The van der Waals surface area contributed by atoms with E-state index >= 15 is 0 Å². The Morgan fingerprint density at radius 2 is 2.02 bits per heavy atom. The number of hydrogen-bond acceptors (Lipinski definition) is 7. The third-order valence-corrected chi connectivity index (χ3v) is 5.91. The van der Waals surface area contributed by atoms with Crippen LogP contribution in [0, 0.1) is 11.7 Å². The average molecular weight is 571 g/mol. The summed E-state index contributed by atoms with van der Waals surface area (Å²) < 4.78 is 26.1. The third-order valence-electron chi connectivity index (χ3n) is 5.91. The average Bonchev–Trinajstić information content (AvgIpc) is 3.34. The second-order valence-corrected chi connectivity index (χ2v) is 9.94. The molecule has 0 spiro atoms. The van der Waals surface area contributed by atoms with E-state index in [0.717, 1.165) is 6.20 Å². The predicted octanol–water partition coefficient (Wildman–Crippen LogP) is 3.03. The number of nitrogens with one attached hydrogen (secondary N) is 3. The van der Waals surface area contributed by atoms with Gasteiger partial charge in [-0.15, -0.1) is 0 Å². The molecular weight excluding hydrogens is 535 g/mol. The van der Waals surface area contributed by atoms with E-state index in [1.54, 1.807) is 38.5 Å². The monoisotopic (exact) mass is 570 g/mol. The first kappa shape index (κ1) is 30.9. The summed E-state index contributed by atoms with van der Waals surface area (Å²) in [7, 11) is 4.40. The number of alkyl carbamates (subject to hydrolysis) is 1. The Labute approximate surface area is 236 Å². The molecule has 3 aromatic rings. The highest BCUT2D eigenvalue weighted by Gasteiger charge is 2.22. The fourth-order valence-corrected chi connectivity index (χ4v) is 3.78. The van der Waals surface area contributed by atoms with Crippen LogP contribution in [0.3, 0.4) is 0 Å². The standard InChI is InChI=1S/C28H35FN6O6/c1-17(2)16-41-25-19(29)14-30-22-13-18(31-24(22)25)15-35-12-8-10-21(27(35)38)32-26(37)20(33-28(39)40-5)9-6-7-11-23(36)34(3)4/h7-8,10-14,17,20,31H,6,9,15-16H2,1-5H3,(H,32,37)(H,33,39)/b11-7+. The number of aromatic nitrogens is 3. The van der Waals surface area contributed by atoms with Crippen LogP contribution in [0.1, 0.15) is 32.4 Å². The maximum Gasteiger partial charge on any atom is 0.407 e. The molecule has 0 aliphatic rings. The number of hydrogen-bond donors (Lipinski definition) is 3. The topological polar surface area (TPSA) is 148 Å². The number of nitrogens with zero attached hydrogens (tertiary/aromatic N) is 3. The van der Waals surface area contributed by atoms with Gasteiger partial charge in [0.2, 0.25) is 11.8 Å². The number of carbonyl (C=O) groups excluding carboxylic acids is 3. The second-order valence-electron chi connectivity index (χ2n) is 9.94. The van der Waals surface area contributed by atoms with Crippen molar-refractivity contribution < 1.29 is 28.2 Å². The lowest BCUT2D eigenvalue weighted by molar-refractivity contribution is -0.123. The molecule has 0 radical (unpaired) electrons. The number of amides is 3. The Morgan fingerprint density at radius 1 is 1.27 bits per heavy atom. The minimum absolute atomic E-state index is 0.00581. The predicted molar refractivity (Wildman–Crippen MR) is 151 cm³/mol. The first-order valence-electron chi connectivity index (χ1n) is 13.0. The highest BCUT2D eigenvalue weighted by Crippen LogP contribution is 2.28. The normalized spacial score (nSPS) is 12.0. The molecule has 0 aliphatic carbocycles. The number of likely N-dealkylation sites (N-methyl/N-ethyl adjacent to an activating group) is 1. The SMILES string of the molecule is COC(=O)NC(CC/C=C/C(=O)N(C)C)C(=O)Nc1cccn(Cc2cc3ncc(F)c(OCC(C)C)c3[nH]2)c1=O. The lowest BCUT2D eigenvalue weighted by Gasteiger charge is -2.17. The molecule has 3 rings (SSSR count). The van der Waals surface area contributed by atoms with Crippen molar-refractivity contribution in [3.8, 4) is 5.75 Å². The van der Waals surface area contributed by atoms with Gasteiger partial charge >= 0.3 is 6.09 Å². The van der Waals surface area contributed by atoms with E-state index in [9.17, 15) is 23.6 Å². The molecule has 3 aromatic heterocycles. The van der Waals surface area contributed by atoms with Gasteiger partial charge < -0.3 is 34.6 Å². The molecule has 3 heterocycles. The van der Waals surface area contributed by atoms with Crippen LogP contribution in [0.5, 0.6) is 5.75 Å². The van der Waals surface area contributed by atoms with Crippen molar-refractivity contribution in [1.82, 2.24) is 24.8 Å². The van der Waals surface area contributed by atoms with Crippen LogP contribution in [0.4, 0.5) is 14.9 Å².